The Hall–Kier alpha value is -3.09. The first kappa shape index (κ1) is 13.9. The summed E-state index contributed by atoms with van der Waals surface area (Å²) >= 11 is 0. The van der Waals surface area contributed by atoms with E-state index < -0.39 is 5.97 Å². The summed E-state index contributed by atoms with van der Waals surface area (Å²) in [4.78, 5) is 15.1. The van der Waals surface area contributed by atoms with Crippen LogP contribution in [0.3, 0.4) is 0 Å². The molecule has 2 heterocycles. The van der Waals surface area contributed by atoms with E-state index >= 15 is 0 Å². The molecule has 7 heteroatoms. The van der Waals surface area contributed by atoms with Crippen molar-refractivity contribution < 1.29 is 19.4 Å². The number of carboxylic acid groups (broad SMARTS) is 1. The Kier molecular flexibility index (Phi) is 3.38. The molecule has 3 aromatic rings. The van der Waals surface area contributed by atoms with Crippen molar-refractivity contribution in [3.63, 3.8) is 0 Å². The first-order chi connectivity index (χ1) is 10.6. The highest BCUT2D eigenvalue weighted by molar-refractivity contribution is 5.87. The van der Waals surface area contributed by atoms with Gasteiger partial charge in [-0.15, -0.1) is 0 Å². The third kappa shape index (κ3) is 2.32. The van der Waals surface area contributed by atoms with E-state index in [2.05, 4.69) is 10.1 Å². The molecule has 2 aromatic heterocycles. The number of aromatic nitrogens is 3. The summed E-state index contributed by atoms with van der Waals surface area (Å²) in [7, 11) is 3.15. The first-order valence-corrected chi connectivity index (χ1v) is 6.43. The lowest BCUT2D eigenvalue weighted by molar-refractivity contribution is 0.0695. The Labute approximate surface area is 125 Å². The number of rotatable bonds is 4. The average molecular weight is 299 g/mol. The van der Waals surface area contributed by atoms with Crippen LogP contribution in [0.5, 0.6) is 11.5 Å². The fourth-order valence-electron chi connectivity index (χ4n) is 2.13. The van der Waals surface area contributed by atoms with Crippen molar-refractivity contribution in [1.82, 2.24) is 14.6 Å². The Bertz CT molecular complexity index is 857. The predicted octanol–water partition coefficient (Wildman–Crippen LogP) is 2.11. The Morgan fingerprint density at radius 2 is 2.05 bits per heavy atom. The zero-order valence-electron chi connectivity index (χ0n) is 12.0. The van der Waals surface area contributed by atoms with Crippen LogP contribution in [-0.2, 0) is 0 Å². The molecule has 0 aliphatic carbocycles. The van der Waals surface area contributed by atoms with Gasteiger partial charge < -0.3 is 14.6 Å². The van der Waals surface area contributed by atoms with Gasteiger partial charge in [-0.3, -0.25) is 0 Å². The summed E-state index contributed by atoms with van der Waals surface area (Å²) in [5, 5.41) is 13.4. The molecule has 22 heavy (non-hydrogen) atoms. The third-order valence-corrected chi connectivity index (χ3v) is 3.24. The van der Waals surface area contributed by atoms with Crippen molar-refractivity contribution in [1.29, 1.82) is 0 Å². The van der Waals surface area contributed by atoms with Crippen LogP contribution in [0.4, 0.5) is 0 Å². The standard InChI is InChI=1S/C15H13N3O4/c1-21-10-3-4-13(22-2)11(5-10)12-6-14-16-7-9(15(19)20)8-18(14)17-12/h3-8H,1-2H3,(H,19,20). The maximum Gasteiger partial charge on any atom is 0.338 e. The van der Waals surface area contributed by atoms with E-state index in [9.17, 15) is 4.79 Å². The predicted molar refractivity (Wildman–Crippen MR) is 78.5 cm³/mol. The molecular formula is C15H13N3O4. The molecule has 0 atom stereocenters. The van der Waals surface area contributed by atoms with Crippen molar-refractivity contribution in [2.75, 3.05) is 14.2 Å². The number of carbonyl (C=O) groups is 1. The quantitative estimate of drug-likeness (QED) is 0.794. The molecule has 1 aromatic carbocycles. The largest absolute Gasteiger partial charge is 0.497 e. The highest BCUT2D eigenvalue weighted by Crippen LogP contribution is 2.32. The minimum Gasteiger partial charge on any atom is -0.497 e. The van der Waals surface area contributed by atoms with Crippen molar-refractivity contribution in [2.24, 2.45) is 0 Å². The van der Waals surface area contributed by atoms with Crippen LogP contribution in [0.25, 0.3) is 16.9 Å². The van der Waals surface area contributed by atoms with Gasteiger partial charge in [0.25, 0.3) is 0 Å². The number of benzene rings is 1. The number of carboxylic acids is 1. The van der Waals surface area contributed by atoms with Gasteiger partial charge in [-0.1, -0.05) is 0 Å². The molecule has 0 fully saturated rings. The summed E-state index contributed by atoms with van der Waals surface area (Å²) in [6, 6.07) is 7.13. The molecular weight excluding hydrogens is 286 g/mol. The molecule has 7 nitrogen and oxygen atoms in total. The molecule has 0 spiro atoms. The summed E-state index contributed by atoms with van der Waals surface area (Å²) in [5.74, 6) is 0.264. The Balaban J connectivity index is 2.15. The third-order valence-electron chi connectivity index (χ3n) is 3.24. The zero-order chi connectivity index (χ0) is 15.7. The highest BCUT2D eigenvalue weighted by Gasteiger charge is 2.13. The number of hydrogen-bond donors (Lipinski definition) is 1. The lowest BCUT2D eigenvalue weighted by Crippen LogP contribution is -2.01. The second kappa shape index (κ2) is 5.36. The molecule has 0 aliphatic rings. The van der Waals surface area contributed by atoms with Gasteiger partial charge in [0, 0.05) is 24.0 Å². The van der Waals surface area contributed by atoms with Crippen LogP contribution in [0.1, 0.15) is 10.4 Å². The van der Waals surface area contributed by atoms with Crippen molar-refractivity contribution >= 4 is 11.6 Å². The fourth-order valence-corrected chi connectivity index (χ4v) is 2.13. The van der Waals surface area contributed by atoms with Gasteiger partial charge in [-0.2, -0.15) is 5.10 Å². The zero-order valence-corrected chi connectivity index (χ0v) is 12.0. The topological polar surface area (TPSA) is 86.0 Å². The molecule has 0 saturated heterocycles. The fraction of sp³-hybridized carbons (Fsp3) is 0.133. The number of fused-ring (bicyclic) bond motifs is 1. The summed E-state index contributed by atoms with van der Waals surface area (Å²) < 4.78 is 12.0. The van der Waals surface area contributed by atoms with Gasteiger partial charge in [-0.25, -0.2) is 14.3 Å². The van der Waals surface area contributed by atoms with Crippen LogP contribution in [0, 0.1) is 0 Å². The van der Waals surface area contributed by atoms with Crippen LogP contribution >= 0.6 is 0 Å². The van der Waals surface area contributed by atoms with Crippen LogP contribution < -0.4 is 9.47 Å². The maximum atomic E-state index is 11.0. The smallest absolute Gasteiger partial charge is 0.338 e. The van der Waals surface area contributed by atoms with E-state index in [1.807, 2.05) is 0 Å². The number of hydrogen-bond acceptors (Lipinski definition) is 5. The van der Waals surface area contributed by atoms with E-state index in [4.69, 9.17) is 14.6 Å². The lowest BCUT2D eigenvalue weighted by atomic mass is 10.1. The molecule has 0 radical (unpaired) electrons. The van der Waals surface area contributed by atoms with Gasteiger partial charge >= 0.3 is 5.97 Å². The number of ether oxygens (including phenoxy) is 2. The molecule has 0 aliphatic heterocycles. The van der Waals surface area contributed by atoms with Crippen molar-refractivity contribution in [3.05, 3.63) is 42.2 Å². The lowest BCUT2D eigenvalue weighted by Gasteiger charge is -2.08. The number of nitrogens with zero attached hydrogens (tertiary/aromatic N) is 3. The number of aromatic carboxylic acids is 1. The molecule has 0 saturated carbocycles. The molecule has 0 bridgehead atoms. The summed E-state index contributed by atoms with van der Waals surface area (Å²) in [6.07, 6.45) is 2.72. The number of methoxy groups -OCH3 is 2. The normalized spacial score (nSPS) is 10.6. The summed E-state index contributed by atoms with van der Waals surface area (Å²) in [6.45, 7) is 0. The Morgan fingerprint density at radius 3 is 2.73 bits per heavy atom. The van der Waals surface area contributed by atoms with Crippen LogP contribution in [0.15, 0.2) is 36.7 Å². The van der Waals surface area contributed by atoms with E-state index in [-0.39, 0.29) is 5.56 Å². The van der Waals surface area contributed by atoms with E-state index in [1.54, 1.807) is 38.5 Å². The van der Waals surface area contributed by atoms with Crippen molar-refractivity contribution in [3.8, 4) is 22.8 Å². The first-order valence-electron chi connectivity index (χ1n) is 6.43. The molecule has 0 unspecified atom stereocenters. The van der Waals surface area contributed by atoms with E-state index in [0.29, 0.717) is 22.8 Å². The monoisotopic (exact) mass is 299 g/mol. The van der Waals surface area contributed by atoms with E-state index in [1.165, 1.54) is 16.9 Å². The SMILES string of the molecule is COc1ccc(OC)c(-c2cc3ncc(C(=O)O)cn3n2)c1. The van der Waals surface area contributed by atoms with Gasteiger partial charge in [0.05, 0.1) is 25.5 Å². The average Bonchev–Trinajstić information content (AvgIpc) is 2.96. The summed E-state index contributed by atoms with van der Waals surface area (Å²) in [5.41, 5.74) is 1.97. The van der Waals surface area contributed by atoms with Crippen molar-refractivity contribution in [2.45, 2.75) is 0 Å². The minimum atomic E-state index is -1.05. The second-order valence-corrected chi connectivity index (χ2v) is 4.55. The molecule has 112 valence electrons. The second-order valence-electron chi connectivity index (χ2n) is 4.55. The molecule has 0 amide bonds. The van der Waals surface area contributed by atoms with Gasteiger partial charge in [0.1, 0.15) is 11.5 Å². The van der Waals surface area contributed by atoms with Gasteiger partial charge in [0.15, 0.2) is 5.65 Å². The maximum absolute atomic E-state index is 11.0. The molecule has 3 rings (SSSR count). The van der Waals surface area contributed by atoms with Gasteiger partial charge in [-0.05, 0) is 18.2 Å². The van der Waals surface area contributed by atoms with Crippen LogP contribution in [-0.4, -0.2) is 39.9 Å². The van der Waals surface area contributed by atoms with Crippen LogP contribution in [0.2, 0.25) is 0 Å². The minimum absolute atomic E-state index is 0.0692. The van der Waals surface area contributed by atoms with Gasteiger partial charge in [0.2, 0.25) is 0 Å². The molecule has 1 N–H and O–H groups in total. The Morgan fingerprint density at radius 1 is 1.23 bits per heavy atom. The highest BCUT2D eigenvalue weighted by atomic mass is 16.5. The van der Waals surface area contributed by atoms with E-state index in [0.717, 1.165) is 5.56 Å².